The lowest BCUT2D eigenvalue weighted by molar-refractivity contribution is -0.117. The van der Waals surface area contributed by atoms with Crippen molar-refractivity contribution in [1.29, 1.82) is 0 Å². The van der Waals surface area contributed by atoms with Crippen molar-refractivity contribution >= 4 is 21.6 Å². The van der Waals surface area contributed by atoms with Gasteiger partial charge in [-0.1, -0.05) is 18.2 Å². The molecule has 156 valence electrons. The minimum absolute atomic E-state index is 0.195. The molecule has 0 radical (unpaired) electrons. The molecule has 1 aliphatic rings. The number of hydrogen-bond acceptors (Lipinski definition) is 6. The molecule has 0 aliphatic carbocycles. The highest BCUT2D eigenvalue weighted by Gasteiger charge is 2.46. The third kappa shape index (κ3) is 3.11. The number of hydrogen-bond donors (Lipinski definition) is 0. The minimum atomic E-state index is -4.20. The number of amides is 1. The molecule has 8 nitrogen and oxygen atoms in total. The average molecular weight is 427 g/mol. The molecule has 1 aliphatic heterocycles. The van der Waals surface area contributed by atoms with Gasteiger partial charge in [0.05, 0.1) is 31.6 Å². The van der Waals surface area contributed by atoms with Crippen LogP contribution in [0.2, 0.25) is 0 Å². The normalized spacial score (nSPS) is 15.9. The standard InChI is InChI=1S/C21H21N3O5S/c1-4-29-18-8-6-5-7-15(18)20-16-11-14(28-3)9-10-17(16)24(21(20)25)30(26,27)19-12-23(2)13-22-19/h5-13,20H,4H2,1-3H3. The zero-order chi connectivity index (χ0) is 21.5. The van der Waals surface area contributed by atoms with Crippen molar-refractivity contribution in [2.45, 2.75) is 17.9 Å². The van der Waals surface area contributed by atoms with E-state index >= 15 is 0 Å². The van der Waals surface area contributed by atoms with Crippen molar-refractivity contribution in [3.05, 3.63) is 66.1 Å². The first-order valence-corrected chi connectivity index (χ1v) is 10.8. The number of imidazole rings is 1. The average Bonchev–Trinajstić information content (AvgIpc) is 3.29. The third-order valence-electron chi connectivity index (χ3n) is 4.93. The number of benzene rings is 2. The summed E-state index contributed by atoms with van der Waals surface area (Å²) in [4.78, 5) is 17.5. The molecule has 0 spiro atoms. The van der Waals surface area contributed by atoms with E-state index in [9.17, 15) is 13.2 Å². The van der Waals surface area contributed by atoms with Crippen molar-refractivity contribution in [2.24, 2.45) is 7.05 Å². The van der Waals surface area contributed by atoms with Crippen LogP contribution in [-0.4, -0.2) is 37.6 Å². The van der Waals surface area contributed by atoms with E-state index < -0.39 is 21.8 Å². The van der Waals surface area contributed by atoms with Gasteiger partial charge in [-0.05, 0) is 36.8 Å². The first-order valence-electron chi connectivity index (χ1n) is 9.35. The number of aromatic nitrogens is 2. The second kappa shape index (κ2) is 7.49. The van der Waals surface area contributed by atoms with E-state index in [1.807, 2.05) is 13.0 Å². The number of carbonyl (C=O) groups excluding carboxylic acids is 1. The van der Waals surface area contributed by atoms with E-state index in [1.165, 1.54) is 24.2 Å². The van der Waals surface area contributed by atoms with E-state index in [0.717, 1.165) is 4.31 Å². The molecule has 0 saturated heterocycles. The number of anilines is 1. The van der Waals surface area contributed by atoms with E-state index in [0.29, 0.717) is 29.2 Å². The highest BCUT2D eigenvalue weighted by molar-refractivity contribution is 7.93. The van der Waals surface area contributed by atoms with E-state index in [1.54, 1.807) is 43.4 Å². The molecular weight excluding hydrogens is 406 g/mol. The van der Waals surface area contributed by atoms with Gasteiger partial charge in [0.15, 0.2) is 5.03 Å². The predicted molar refractivity (Wildman–Crippen MR) is 110 cm³/mol. The molecule has 0 bridgehead atoms. The van der Waals surface area contributed by atoms with Crippen LogP contribution >= 0.6 is 0 Å². The van der Waals surface area contributed by atoms with Gasteiger partial charge >= 0.3 is 0 Å². The number of aryl methyl sites for hydroxylation is 1. The molecule has 2 aromatic carbocycles. The van der Waals surface area contributed by atoms with Gasteiger partial charge in [0.2, 0.25) is 0 Å². The third-order valence-corrected chi connectivity index (χ3v) is 6.52. The van der Waals surface area contributed by atoms with Crippen molar-refractivity contribution in [1.82, 2.24) is 9.55 Å². The van der Waals surface area contributed by atoms with Gasteiger partial charge in [0.1, 0.15) is 11.5 Å². The zero-order valence-corrected chi connectivity index (χ0v) is 17.6. The number of rotatable bonds is 6. The van der Waals surface area contributed by atoms with Gasteiger partial charge in [-0.3, -0.25) is 4.79 Å². The first-order chi connectivity index (χ1) is 14.4. The number of fused-ring (bicyclic) bond motifs is 1. The molecule has 1 aromatic heterocycles. The summed E-state index contributed by atoms with van der Waals surface area (Å²) in [6.45, 7) is 2.26. The molecule has 1 unspecified atom stereocenters. The second-order valence-electron chi connectivity index (χ2n) is 6.81. The van der Waals surface area contributed by atoms with Crippen molar-refractivity contribution in [2.75, 3.05) is 18.0 Å². The van der Waals surface area contributed by atoms with E-state index in [-0.39, 0.29) is 10.7 Å². The summed E-state index contributed by atoms with van der Waals surface area (Å²) in [5.74, 6) is -0.380. The quantitative estimate of drug-likeness (QED) is 0.601. The summed E-state index contributed by atoms with van der Waals surface area (Å²) in [5, 5.41) is -0.195. The number of methoxy groups -OCH3 is 1. The Hall–Kier alpha value is -3.33. The van der Waals surface area contributed by atoms with Gasteiger partial charge in [-0.25, -0.2) is 9.29 Å². The highest BCUT2D eigenvalue weighted by atomic mass is 32.2. The van der Waals surface area contributed by atoms with Gasteiger partial charge in [0.25, 0.3) is 15.9 Å². The van der Waals surface area contributed by atoms with Crippen LogP contribution in [0.15, 0.2) is 60.0 Å². The summed E-state index contributed by atoms with van der Waals surface area (Å²) in [6, 6.07) is 12.0. The largest absolute Gasteiger partial charge is 0.497 e. The SMILES string of the molecule is CCOc1ccccc1C1C(=O)N(S(=O)(=O)c2cn(C)cn2)c2ccc(OC)cc21. The Morgan fingerprint density at radius 2 is 1.90 bits per heavy atom. The number of nitrogens with zero attached hydrogens (tertiary/aromatic N) is 3. The lowest BCUT2D eigenvalue weighted by Crippen LogP contribution is -2.35. The molecule has 1 amide bonds. The Labute approximate surface area is 174 Å². The summed E-state index contributed by atoms with van der Waals surface area (Å²) in [7, 11) is -1.01. The van der Waals surface area contributed by atoms with Crippen LogP contribution in [0, 0.1) is 0 Å². The Morgan fingerprint density at radius 1 is 1.13 bits per heavy atom. The number of ether oxygens (including phenoxy) is 2. The van der Waals surface area contributed by atoms with Gasteiger partial charge in [0, 0.05) is 18.8 Å². The Kier molecular flexibility index (Phi) is 4.98. The lowest BCUT2D eigenvalue weighted by atomic mass is 9.91. The Morgan fingerprint density at radius 3 is 2.57 bits per heavy atom. The summed E-state index contributed by atoms with van der Waals surface area (Å²) in [5.41, 5.74) is 1.41. The fourth-order valence-corrected chi connectivity index (χ4v) is 5.05. The summed E-state index contributed by atoms with van der Waals surface area (Å²) < 4.78 is 40.0. The van der Waals surface area contributed by atoms with Crippen LogP contribution in [0.3, 0.4) is 0 Å². The minimum Gasteiger partial charge on any atom is -0.497 e. The van der Waals surface area contributed by atoms with E-state index in [2.05, 4.69) is 4.98 Å². The molecule has 0 N–H and O–H groups in total. The van der Waals surface area contributed by atoms with Crippen LogP contribution < -0.4 is 13.8 Å². The molecule has 0 fully saturated rings. The van der Waals surface area contributed by atoms with E-state index in [4.69, 9.17) is 9.47 Å². The predicted octanol–water partition coefficient (Wildman–Crippen LogP) is 2.69. The Bertz CT molecular complexity index is 1220. The van der Waals surface area contributed by atoms with Crippen molar-refractivity contribution in [3.63, 3.8) is 0 Å². The summed E-state index contributed by atoms with van der Waals surface area (Å²) in [6.07, 6.45) is 2.75. The Balaban J connectivity index is 1.92. The molecule has 2 heterocycles. The van der Waals surface area contributed by atoms with Crippen LogP contribution in [0.1, 0.15) is 24.0 Å². The van der Waals surface area contributed by atoms with Crippen molar-refractivity contribution in [3.8, 4) is 11.5 Å². The molecule has 0 saturated carbocycles. The number of carbonyl (C=O) groups is 1. The molecule has 1 atom stereocenters. The second-order valence-corrected chi connectivity index (χ2v) is 8.55. The molecule has 3 aromatic rings. The monoisotopic (exact) mass is 427 g/mol. The zero-order valence-electron chi connectivity index (χ0n) is 16.8. The number of sulfonamides is 1. The topological polar surface area (TPSA) is 90.7 Å². The fourth-order valence-electron chi connectivity index (χ4n) is 3.61. The summed E-state index contributed by atoms with van der Waals surface area (Å²) >= 11 is 0. The van der Waals surface area contributed by atoms with Crippen molar-refractivity contribution < 1.29 is 22.7 Å². The van der Waals surface area contributed by atoms with Gasteiger partial charge < -0.3 is 14.0 Å². The van der Waals surface area contributed by atoms with Crippen LogP contribution in [0.4, 0.5) is 5.69 Å². The highest BCUT2D eigenvalue weighted by Crippen LogP contribution is 2.47. The molecule has 4 rings (SSSR count). The van der Waals surface area contributed by atoms with Gasteiger partial charge in [-0.2, -0.15) is 8.42 Å². The molecule has 9 heteroatoms. The maximum absolute atomic E-state index is 13.6. The molecule has 30 heavy (non-hydrogen) atoms. The first kappa shape index (κ1) is 20.0. The smallest absolute Gasteiger partial charge is 0.289 e. The maximum atomic E-state index is 13.6. The van der Waals surface area contributed by atoms with Crippen LogP contribution in [0.25, 0.3) is 0 Å². The fraction of sp³-hybridized carbons (Fsp3) is 0.238. The number of para-hydroxylation sites is 1. The van der Waals surface area contributed by atoms with Crippen LogP contribution in [0.5, 0.6) is 11.5 Å². The molecular formula is C21H21N3O5S. The van der Waals surface area contributed by atoms with Gasteiger partial charge in [-0.15, -0.1) is 0 Å². The lowest BCUT2D eigenvalue weighted by Gasteiger charge is -2.18. The maximum Gasteiger partial charge on any atom is 0.289 e. The van der Waals surface area contributed by atoms with Crippen LogP contribution in [-0.2, 0) is 21.9 Å².